The predicted molar refractivity (Wildman–Crippen MR) is 124 cm³/mol. The van der Waals surface area contributed by atoms with E-state index < -0.39 is 0 Å². The van der Waals surface area contributed by atoms with Gasteiger partial charge >= 0.3 is 0 Å². The number of aromatic nitrogens is 2. The second kappa shape index (κ2) is 11.2. The van der Waals surface area contributed by atoms with Crippen molar-refractivity contribution in [2.75, 3.05) is 49.1 Å². The van der Waals surface area contributed by atoms with Gasteiger partial charge in [-0.05, 0) is 37.6 Å². The summed E-state index contributed by atoms with van der Waals surface area (Å²) in [6, 6.07) is 7.15. The molecule has 0 radical (unpaired) electrons. The van der Waals surface area contributed by atoms with Crippen LogP contribution in [0.3, 0.4) is 0 Å². The first-order chi connectivity index (χ1) is 14.9. The highest BCUT2D eigenvalue weighted by atomic mass is 32.2. The summed E-state index contributed by atoms with van der Waals surface area (Å²) in [6.07, 6.45) is 0. The minimum Gasteiger partial charge on any atom is -0.384 e. The van der Waals surface area contributed by atoms with Gasteiger partial charge in [-0.1, -0.05) is 18.0 Å². The van der Waals surface area contributed by atoms with E-state index in [2.05, 4.69) is 19.9 Å². The van der Waals surface area contributed by atoms with E-state index in [4.69, 9.17) is 10.5 Å². The Hall–Kier alpha value is -2.56. The normalized spacial score (nSPS) is 14.4. The summed E-state index contributed by atoms with van der Waals surface area (Å²) in [5, 5.41) is 2.85. The number of hydrogen-bond donors (Lipinski definition) is 3. The van der Waals surface area contributed by atoms with Crippen molar-refractivity contribution < 1.29 is 9.53 Å². The van der Waals surface area contributed by atoms with E-state index in [0.29, 0.717) is 18.1 Å². The molecule has 1 aliphatic heterocycles. The Morgan fingerprint density at radius 2 is 2.00 bits per heavy atom. The fraction of sp³-hybridized carbons (Fsp3) is 0.476. The van der Waals surface area contributed by atoms with Crippen LogP contribution in [-0.4, -0.2) is 59.0 Å². The lowest BCUT2D eigenvalue weighted by Gasteiger charge is -2.26. The summed E-state index contributed by atoms with van der Waals surface area (Å²) in [5.41, 5.74) is 8.32. The molecule has 0 bridgehead atoms. The van der Waals surface area contributed by atoms with Gasteiger partial charge in [0.1, 0.15) is 18.1 Å². The van der Waals surface area contributed by atoms with Gasteiger partial charge in [0, 0.05) is 43.3 Å². The van der Waals surface area contributed by atoms with Crippen molar-refractivity contribution in [2.24, 2.45) is 0 Å². The molecule has 2 aromatic rings. The Bertz CT molecular complexity index is 959. The number of aryl methyl sites for hydroxylation is 2. The number of hydrogen-bond acceptors (Lipinski definition) is 8. The van der Waals surface area contributed by atoms with E-state index in [9.17, 15) is 9.59 Å². The van der Waals surface area contributed by atoms with Gasteiger partial charge in [0.2, 0.25) is 5.91 Å². The van der Waals surface area contributed by atoms with Crippen molar-refractivity contribution in [1.82, 2.24) is 19.8 Å². The van der Waals surface area contributed by atoms with Gasteiger partial charge in [-0.2, -0.15) is 0 Å². The van der Waals surface area contributed by atoms with Gasteiger partial charge in [-0.3, -0.25) is 14.5 Å². The number of nitrogens with one attached hydrogen (secondary N) is 2. The molecule has 1 amide bonds. The zero-order chi connectivity index (χ0) is 22.2. The number of rotatable bonds is 9. The van der Waals surface area contributed by atoms with Crippen LogP contribution >= 0.6 is 11.9 Å². The van der Waals surface area contributed by atoms with Crippen LogP contribution in [0.4, 0.5) is 11.5 Å². The standard InChI is InChI=1S/C21H30N6O3S/c1-15-3-5-18(25-31-12-9-26-7-10-30-11-8-26)21(29)27(15)14-20(28)23-13-17-4-6-19(22)24-16(17)2/h3-6,25H,7-14H2,1-2H3,(H2,22,24)(H,23,28). The number of carbonyl (C=O) groups excluding carboxylic acids is 1. The number of nitrogens with zero attached hydrogens (tertiary/aromatic N) is 3. The maximum atomic E-state index is 12.8. The average molecular weight is 447 g/mol. The van der Waals surface area contributed by atoms with Gasteiger partial charge in [0.05, 0.1) is 13.2 Å². The first-order valence-corrected chi connectivity index (χ1v) is 11.3. The number of nitrogens with two attached hydrogens (primary N) is 1. The molecule has 168 valence electrons. The highest BCUT2D eigenvalue weighted by Crippen LogP contribution is 2.11. The van der Waals surface area contributed by atoms with Crippen LogP contribution in [-0.2, 0) is 22.6 Å². The molecule has 1 saturated heterocycles. The van der Waals surface area contributed by atoms with Crippen molar-refractivity contribution in [1.29, 1.82) is 0 Å². The molecule has 1 aliphatic rings. The van der Waals surface area contributed by atoms with Gasteiger partial charge in [-0.15, -0.1) is 0 Å². The number of pyridine rings is 2. The van der Waals surface area contributed by atoms with Crippen molar-refractivity contribution in [3.8, 4) is 0 Å². The predicted octanol–water partition coefficient (Wildman–Crippen LogP) is 1.15. The molecular weight excluding hydrogens is 416 g/mol. The van der Waals surface area contributed by atoms with Crippen LogP contribution in [0.2, 0.25) is 0 Å². The highest BCUT2D eigenvalue weighted by Gasteiger charge is 2.12. The van der Waals surface area contributed by atoms with Crippen LogP contribution < -0.4 is 21.3 Å². The van der Waals surface area contributed by atoms with E-state index in [1.54, 1.807) is 12.1 Å². The smallest absolute Gasteiger partial charge is 0.275 e. The Balaban J connectivity index is 1.53. The maximum absolute atomic E-state index is 12.8. The van der Waals surface area contributed by atoms with Crippen LogP contribution in [0.15, 0.2) is 29.1 Å². The first kappa shape index (κ1) is 23.1. The molecule has 0 saturated carbocycles. The molecule has 4 N–H and O–H groups in total. The number of carbonyl (C=O) groups is 1. The van der Waals surface area contributed by atoms with Crippen molar-refractivity contribution in [3.05, 3.63) is 51.6 Å². The van der Waals surface area contributed by atoms with E-state index >= 15 is 0 Å². The van der Waals surface area contributed by atoms with Crippen LogP contribution in [0.5, 0.6) is 0 Å². The monoisotopic (exact) mass is 446 g/mol. The molecular formula is C21H30N6O3S. The molecule has 0 aliphatic carbocycles. The molecule has 0 aromatic carbocycles. The topological polar surface area (TPSA) is 115 Å². The van der Waals surface area contributed by atoms with Crippen molar-refractivity contribution in [3.63, 3.8) is 0 Å². The molecule has 0 spiro atoms. The Kier molecular flexibility index (Phi) is 8.33. The van der Waals surface area contributed by atoms with E-state index in [0.717, 1.165) is 55.6 Å². The lowest BCUT2D eigenvalue weighted by molar-refractivity contribution is -0.121. The molecule has 0 unspecified atom stereocenters. The van der Waals surface area contributed by atoms with Gasteiger partial charge < -0.3 is 25.1 Å². The third-order valence-corrected chi connectivity index (χ3v) is 5.93. The third-order valence-electron chi connectivity index (χ3n) is 5.18. The Labute approximate surface area is 186 Å². The molecule has 9 nitrogen and oxygen atoms in total. The van der Waals surface area contributed by atoms with Crippen LogP contribution in [0.25, 0.3) is 0 Å². The SMILES string of the molecule is Cc1nc(N)ccc1CNC(=O)Cn1c(C)ccc(NSCCN2CCOCC2)c1=O. The summed E-state index contributed by atoms with van der Waals surface area (Å²) in [5.74, 6) is 1.06. The lowest BCUT2D eigenvalue weighted by atomic mass is 10.2. The van der Waals surface area contributed by atoms with Crippen molar-refractivity contribution >= 4 is 29.4 Å². The number of morpholine rings is 1. The highest BCUT2D eigenvalue weighted by molar-refractivity contribution is 8.00. The Morgan fingerprint density at radius 3 is 2.74 bits per heavy atom. The summed E-state index contributed by atoms with van der Waals surface area (Å²) in [7, 11) is 0. The average Bonchev–Trinajstić information content (AvgIpc) is 2.75. The molecule has 31 heavy (non-hydrogen) atoms. The Morgan fingerprint density at radius 1 is 1.23 bits per heavy atom. The molecule has 3 heterocycles. The van der Waals surface area contributed by atoms with Gasteiger partial charge in [0.25, 0.3) is 5.56 Å². The minimum absolute atomic E-state index is 0.0416. The zero-order valence-electron chi connectivity index (χ0n) is 18.0. The second-order valence-corrected chi connectivity index (χ2v) is 8.34. The van der Waals surface area contributed by atoms with Crippen molar-refractivity contribution in [2.45, 2.75) is 26.9 Å². The maximum Gasteiger partial charge on any atom is 0.275 e. The van der Waals surface area contributed by atoms with Gasteiger partial charge in [0.15, 0.2) is 0 Å². The minimum atomic E-state index is -0.237. The van der Waals surface area contributed by atoms with E-state index in [1.165, 1.54) is 16.5 Å². The summed E-state index contributed by atoms with van der Waals surface area (Å²) < 4.78 is 9.97. The summed E-state index contributed by atoms with van der Waals surface area (Å²) in [4.78, 5) is 31.8. The van der Waals surface area contributed by atoms with Crippen LogP contribution in [0.1, 0.15) is 17.0 Å². The lowest BCUT2D eigenvalue weighted by Crippen LogP contribution is -2.37. The summed E-state index contributed by atoms with van der Waals surface area (Å²) >= 11 is 1.49. The molecule has 0 atom stereocenters. The van der Waals surface area contributed by atoms with Gasteiger partial charge in [-0.25, -0.2) is 4.98 Å². The molecule has 2 aromatic heterocycles. The van der Waals surface area contributed by atoms with E-state index in [-0.39, 0.29) is 18.0 Å². The fourth-order valence-corrected chi connectivity index (χ4v) is 4.03. The largest absolute Gasteiger partial charge is 0.384 e. The first-order valence-electron chi connectivity index (χ1n) is 10.3. The molecule has 1 fully saturated rings. The third kappa shape index (κ3) is 6.71. The quantitative estimate of drug-likeness (QED) is 0.388. The van der Waals surface area contributed by atoms with E-state index in [1.807, 2.05) is 26.0 Å². The fourth-order valence-electron chi connectivity index (χ4n) is 3.26. The van der Waals surface area contributed by atoms with Crippen LogP contribution in [0, 0.1) is 13.8 Å². The number of amides is 1. The second-order valence-electron chi connectivity index (χ2n) is 7.44. The molecule has 3 rings (SSSR count). The summed E-state index contributed by atoms with van der Waals surface area (Å²) in [6.45, 7) is 8.33. The number of anilines is 2. The number of ether oxygens (including phenoxy) is 1. The zero-order valence-corrected chi connectivity index (χ0v) is 18.8. The number of nitrogen functional groups attached to an aromatic ring is 1. The molecule has 10 heteroatoms.